The van der Waals surface area contributed by atoms with Gasteiger partial charge < -0.3 is 25.2 Å². The summed E-state index contributed by atoms with van der Waals surface area (Å²) in [5.41, 5.74) is 0.874. The van der Waals surface area contributed by atoms with Crippen LogP contribution in [0.1, 0.15) is 5.56 Å². The van der Waals surface area contributed by atoms with E-state index in [4.69, 9.17) is 14.9 Å². The number of amides is 2. The predicted molar refractivity (Wildman–Crippen MR) is 71.5 cm³/mol. The molecule has 0 aliphatic carbocycles. The number of carbonyl (C=O) groups excluding carboxylic acids is 1. The Morgan fingerprint density at radius 2 is 1.95 bits per heavy atom. The molecular weight excluding hydrogens is 264 g/mol. The third-order valence-corrected chi connectivity index (χ3v) is 2.70. The van der Waals surface area contributed by atoms with E-state index < -0.39 is 24.6 Å². The topological polar surface area (TPSA) is 99.1 Å². The molecule has 3 N–H and O–H groups in total. The highest BCUT2D eigenvalue weighted by molar-refractivity contribution is 5.82. The minimum atomic E-state index is -1.30. The van der Waals surface area contributed by atoms with E-state index in [9.17, 15) is 9.59 Å². The number of rotatable bonds is 6. The van der Waals surface area contributed by atoms with Crippen molar-refractivity contribution in [3.63, 3.8) is 0 Å². The molecule has 0 aliphatic rings. The number of aliphatic hydroxyl groups is 1. The smallest absolute Gasteiger partial charge is 0.328 e. The van der Waals surface area contributed by atoms with Crippen LogP contribution in [0.25, 0.3) is 0 Å². The molecule has 0 radical (unpaired) electrons. The molecule has 0 spiro atoms. The van der Waals surface area contributed by atoms with Gasteiger partial charge in [0.1, 0.15) is 5.75 Å². The lowest BCUT2D eigenvalue weighted by molar-refractivity contribution is -0.140. The third kappa shape index (κ3) is 4.43. The van der Waals surface area contributed by atoms with Crippen molar-refractivity contribution in [1.82, 2.24) is 10.2 Å². The maximum Gasteiger partial charge on any atom is 0.328 e. The van der Waals surface area contributed by atoms with Gasteiger partial charge in [-0.2, -0.15) is 0 Å². The Morgan fingerprint density at radius 3 is 2.40 bits per heavy atom. The van der Waals surface area contributed by atoms with E-state index in [1.165, 1.54) is 11.9 Å². The predicted octanol–water partition coefficient (Wildman–Crippen LogP) is 0.282. The zero-order valence-corrected chi connectivity index (χ0v) is 11.4. The molecule has 1 unspecified atom stereocenters. The van der Waals surface area contributed by atoms with Crippen molar-refractivity contribution in [1.29, 1.82) is 0 Å². The number of benzene rings is 1. The Hall–Kier alpha value is -2.28. The highest BCUT2D eigenvalue weighted by Crippen LogP contribution is 2.12. The summed E-state index contributed by atoms with van der Waals surface area (Å²) in [5.74, 6) is -0.564. The van der Waals surface area contributed by atoms with Crippen LogP contribution in [0.2, 0.25) is 0 Å². The quantitative estimate of drug-likeness (QED) is 0.696. The van der Waals surface area contributed by atoms with Crippen molar-refractivity contribution in [3.05, 3.63) is 29.8 Å². The summed E-state index contributed by atoms with van der Waals surface area (Å²) in [6.45, 7) is -0.342. The molecule has 0 aliphatic heterocycles. The Balaban J connectivity index is 2.58. The number of hydrogen-bond acceptors (Lipinski definition) is 4. The largest absolute Gasteiger partial charge is 0.497 e. The number of urea groups is 1. The molecule has 0 bridgehead atoms. The van der Waals surface area contributed by atoms with E-state index in [-0.39, 0.29) is 0 Å². The Bertz CT molecular complexity index is 460. The summed E-state index contributed by atoms with van der Waals surface area (Å²) < 4.78 is 5.03. The number of methoxy groups -OCH3 is 1. The Labute approximate surface area is 116 Å². The molecule has 2 amide bonds. The zero-order chi connectivity index (χ0) is 15.1. The molecule has 7 heteroatoms. The SMILES string of the molecule is COc1ccc(CN(C)C(=O)NC(CO)C(=O)O)cc1. The minimum Gasteiger partial charge on any atom is -0.497 e. The third-order valence-electron chi connectivity index (χ3n) is 2.70. The number of carbonyl (C=O) groups is 2. The molecule has 20 heavy (non-hydrogen) atoms. The first-order valence-electron chi connectivity index (χ1n) is 5.96. The van der Waals surface area contributed by atoms with E-state index in [1.54, 1.807) is 19.2 Å². The lowest BCUT2D eigenvalue weighted by atomic mass is 10.2. The van der Waals surface area contributed by atoms with Crippen LogP contribution >= 0.6 is 0 Å². The van der Waals surface area contributed by atoms with Gasteiger partial charge in [-0.25, -0.2) is 9.59 Å². The fraction of sp³-hybridized carbons (Fsp3) is 0.385. The molecule has 0 aromatic heterocycles. The molecule has 0 saturated carbocycles. The lowest BCUT2D eigenvalue weighted by Crippen LogP contribution is -2.48. The van der Waals surface area contributed by atoms with Crippen molar-refractivity contribution >= 4 is 12.0 Å². The standard InChI is InChI=1S/C13H18N2O5/c1-15(13(19)14-11(8-16)12(17)18)7-9-3-5-10(20-2)6-4-9/h3-6,11,16H,7-8H2,1-2H3,(H,14,19)(H,17,18). The van der Waals surface area contributed by atoms with Crippen molar-refractivity contribution in [2.24, 2.45) is 0 Å². The number of aliphatic carboxylic acids is 1. The normalized spacial score (nSPS) is 11.6. The molecule has 1 rings (SSSR count). The lowest BCUT2D eigenvalue weighted by Gasteiger charge is -2.20. The number of hydrogen-bond donors (Lipinski definition) is 3. The average Bonchev–Trinajstić information content (AvgIpc) is 2.44. The first-order valence-corrected chi connectivity index (χ1v) is 5.96. The summed E-state index contributed by atoms with van der Waals surface area (Å²) in [6.07, 6.45) is 0. The minimum absolute atomic E-state index is 0.313. The molecule has 1 aromatic rings. The van der Waals surface area contributed by atoms with Crippen LogP contribution in [0.15, 0.2) is 24.3 Å². The van der Waals surface area contributed by atoms with Gasteiger partial charge in [-0.05, 0) is 17.7 Å². The van der Waals surface area contributed by atoms with Crippen LogP contribution < -0.4 is 10.1 Å². The molecule has 1 aromatic carbocycles. The van der Waals surface area contributed by atoms with Crippen LogP contribution in [0.5, 0.6) is 5.75 Å². The zero-order valence-electron chi connectivity index (χ0n) is 11.4. The van der Waals surface area contributed by atoms with E-state index in [1.807, 2.05) is 12.1 Å². The summed E-state index contributed by atoms with van der Waals surface area (Å²) >= 11 is 0. The number of carboxylic acid groups (broad SMARTS) is 1. The second kappa shape index (κ2) is 7.34. The Morgan fingerprint density at radius 1 is 1.35 bits per heavy atom. The molecule has 1 atom stereocenters. The van der Waals surface area contributed by atoms with Gasteiger partial charge in [-0.15, -0.1) is 0 Å². The first-order chi connectivity index (χ1) is 9.47. The Kier molecular flexibility index (Phi) is 5.79. The maximum absolute atomic E-state index is 11.8. The van der Waals surface area contributed by atoms with Crippen molar-refractivity contribution in [3.8, 4) is 5.75 Å². The van der Waals surface area contributed by atoms with Crippen molar-refractivity contribution in [2.45, 2.75) is 12.6 Å². The van der Waals surface area contributed by atoms with Gasteiger partial charge in [-0.3, -0.25) is 0 Å². The highest BCUT2D eigenvalue weighted by atomic mass is 16.5. The highest BCUT2D eigenvalue weighted by Gasteiger charge is 2.20. The van der Waals surface area contributed by atoms with Gasteiger partial charge in [0.15, 0.2) is 6.04 Å². The van der Waals surface area contributed by atoms with Crippen LogP contribution in [0.3, 0.4) is 0 Å². The van der Waals surface area contributed by atoms with Crippen molar-refractivity contribution < 1.29 is 24.5 Å². The average molecular weight is 282 g/mol. The van der Waals surface area contributed by atoms with Gasteiger partial charge >= 0.3 is 12.0 Å². The number of nitrogens with one attached hydrogen (secondary N) is 1. The molecule has 0 heterocycles. The van der Waals surface area contributed by atoms with Crippen molar-refractivity contribution in [2.75, 3.05) is 20.8 Å². The summed E-state index contributed by atoms with van der Waals surface area (Å²) in [6, 6.07) is 5.29. The summed E-state index contributed by atoms with van der Waals surface area (Å²) in [5, 5.41) is 19.8. The van der Waals surface area contributed by atoms with Gasteiger partial charge in [0, 0.05) is 13.6 Å². The number of nitrogens with zero attached hydrogens (tertiary/aromatic N) is 1. The second-order valence-electron chi connectivity index (χ2n) is 4.23. The van der Waals surface area contributed by atoms with Gasteiger partial charge in [0.25, 0.3) is 0 Å². The van der Waals surface area contributed by atoms with E-state index in [2.05, 4.69) is 5.32 Å². The molecule has 110 valence electrons. The number of aliphatic hydroxyl groups excluding tert-OH is 1. The van der Waals surface area contributed by atoms with Gasteiger partial charge in [-0.1, -0.05) is 12.1 Å². The van der Waals surface area contributed by atoms with Crippen LogP contribution in [0, 0.1) is 0 Å². The molecular formula is C13H18N2O5. The van der Waals surface area contributed by atoms with E-state index >= 15 is 0 Å². The number of carboxylic acids is 1. The molecule has 7 nitrogen and oxygen atoms in total. The van der Waals surface area contributed by atoms with E-state index in [0.717, 1.165) is 5.56 Å². The fourth-order valence-corrected chi connectivity index (χ4v) is 1.52. The van der Waals surface area contributed by atoms with E-state index in [0.29, 0.717) is 12.3 Å². The monoisotopic (exact) mass is 282 g/mol. The van der Waals surface area contributed by atoms with Crippen LogP contribution in [-0.2, 0) is 11.3 Å². The molecule has 0 fully saturated rings. The van der Waals surface area contributed by atoms with Crippen LogP contribution in [0.4, 0.5) is 4.79 Å². The molecule has 0 saturated heterocycles. The maximum atomic E-state index is 11.8. The summed E-state index contributed by atoms with van der Waals surface area (Å²) in [4.78, 5) is 23.8. The summed E-state index contributed by atoms with van der Waals surface area (Å²) in [7, 11) is 3.10. The first kappa shape index (κ1) is 15.8. The number of ether oxygens (including phenoxy) is 1. The van der Waals surface area contributed by atoms with Crippen LogP contribution in [-0.4, -0.2) is 53.9 Å². The van der Waals surface area contributed by atoms with Gasteiger partial charge in [0.2, 0.25) is 0 Å². The second-order valence-corrected chi connectivity index (χ2v) is 4.23. The van der Waals surface area contributed by atoms with Gasteiger partial charge in [0.05, 0.1) is 13.7 Å². The fourth-order valence-electron chi connectivity index (χ4n) is 1.52.